The topological polar surface area (TPSA) is 50.4 Å². The Bertz CT molecular complexity index is 205. The van der Waals surface area contributed by atoms with Crippen LogP contribution in [0.2, 0.25) is 0 Å². The lowest BCUT2D eigenvalue weighted by Gasteiger charge is -2.12. The molecule has 0 bridgehead atoms. The molecule has 1 rings (SSSR count). The van der Waals surface area contributed by atoms with Gasteiger partial charge in [-0.25, -0.2) is 0 Å². The molecule has 0 aromatic rings. The lowest BCUT2D eigenvalue weighted by Crippen LogP contribution is -2.36. The molecule has 4 heteroatoms. The fourth-order valence-electron chi connectivity index (χ4n) is 1.41. The van der Waals surface area contributed by atoms with Crippen LogP contribution in [0.4, 0.5) is 0 Å². The van der Waals surface area contributed by atoms with E-state index in [1.807, 2.05) is 13.8 Å². The van der Waals surface area contributed by atoms with E-state index in [1.165, 1.54) is 12.8 Å². The lowest BCUT2D eigenvalue weighted by molar-refractivity contribution is -0.124. The van der Waals surface area contributed by atoms with E-state index in [9.17, 15) is 4.79 Å². The largest absolute Gasteiger partial charge is 0.379 e. The van der Waals surface area contributed by atoms with E-state index < -0.39 is 0 Å². The Morgan fingerprint density at radius 2 is 2.25 bits per heavy atom. The third-order valence-electron chi connectivity index (χ3n) is 2.74. The zero-order valence-corrected chi connectivity index (χ0v) is 10.4. The van der Waals surface area contributed by atoms with Gasteiger partial charge >= 0.3 is 0 Å². The zero-order chi connectivity index (χ0) is 11.8. The van der Waals surface area contributed by atoms with Gasteiger partial charge in [-0.2, -0.15) is 0 Å². The van der Waals surface area contributed by atoms with Crippen LogP contribution in [-0.2, 0) is 9.53 Å². The van der Waals surface area contributed by atoms with E-state index in [0.29, 0.717) is 13.2 Å². The maximum atomic E-state index is 11.6. The van der Waals surface area contributed by atoms with Gasteiger partial charge in [0, 0.05) is 25.6 Å². The van der Waals surface area contributed by atoms with Crippen molar-refractivity contribution in [3.63, 3.8) is 0 Å². The first kappa shape index (κ1) is 13.5. The van der Waals surface area contributed by atoms with Crippen molar-refractivity contribution in [2.24, 2.45) is 11.8 Å². The Hall–Kier alpha value is -0.610. The van der Waals surface area contributed by atoms with Gasteiger partial charge < -0.3 is 15.4 Å². The number of hydrogen-bond acceptors (Lipinski definition) is 3. The molecule has 1 fully saturated rings. The zero-order valence-electron chi connectivity index (χ0n) is 10.4. The highest BCUT2D eigenvalue weighted by atomic mass is 16.5. The molecule has 0 saturated heterocycles. The van der Waals surface area contributed by atoms with Crippen molar-refractivity contribution < 1.29 is 9.53 Å². The number of nitrogens with one attached hydrogen (secondary N) is 2. The molecule has 16 heavy (non-hydrogen) atoms. The van der Waals surface area contributed by atoms with Gasteiger partial charge in [0.15, 0.2) is 0 Å². The highest BCUT2D eigenvalue weighted by Crippen LogP contribution is 2.28. The number of ether oxygens (including phenoxy) is 1. The summed E-state index contributed by atoms with van der Waals surface area (Å²) in [6.07, 6.45) is 2.62. The van der Waals surface area contributed by atoms with Crippen LogP contribution < -0.4 is 10.6 Å². The SMILES string of the molecule is CCNCC(C)C(=O)NCCOCC1CC1. The molecule has 0 aromatic heterocycles. The van der Waals surface area contributed by atoms with Crippen LogP contribution >= 0.6 is 0 Å². The maximum Gasteiger partial charge on any atom is 0.224 e. The molecule has 0 aliphatic heterocycles. The van der Waals surface area contributed by atoms with Gasteiger partial charge in [-0.15, -0.1) is 0 Å². The molecule has 1 saturated carbocycles. The average molecular weight is 228 g/mol. The third-order valence-corrected chi connectivity index (χ3v) is 2.74. The van der Waals surface area contributed by atoms with E-state index in [-0.39, 0.29) is 11.8 Å². The van der Waals surface area contributed by atoms with Crippen LogP contribution in [0.25, 0.3) is 0 Å². The van der Waals surface area contributed by atoms with Crippen molar-refractivity contribution in [3.8, 4) is 0 Å². The molecule has 1 aliphatic carbocycles. The van der Waals surface area contributed by atoms with Crippen LogP contribution in [0.5, 0.6) is 0 Å². The van der Waals surface area contributed by atoms with Gasteiger partial charge in [0.25, 0.3) is 0 Å². The van der Waals surface area contributed by atoms with E-state index in [0.717, 1.165) is 25.6 Å². The number of amides is 1. The minimum atomic E-state index is 0.0309. The molecular weight excluding hydrogens is 204 g/mol. The minimum absolute atomic E-state index is 0.0309. The summed E-state index contributed by atoms with van der Waals surface area (Å²) in [6, 6.07) is 0. The van der Waals surface area contributed by atoms with Crippen LogP contribution in [0.1, 0.15) is 26.7 Å². The van der Waals surface area contributed by atoms with Crippen molar-refractivity contribution in [2.75, 3.05) is 32.8 Å². The molecule has 2 N–H and O–H groups in total. The summed E-state index contributed by atoms with van der Waals surface area (Å²) in [4.78, 5) is 11.6. The van der Waals surface area contributed by atoms with Crippen LogP contribution in [-0.4, -0.2) is 38.8 Å². The summed E-state index contributed by atoms with van der Waals surface area (Å²) in [6.45, 7) is 7.74. The van der Waals surface area contributed by atoms with Crippen LogP contribution in [0.3, 0.4) is 0 Å². The molecule has 1 amide bonds. The van der Waals surface area contributed by atoms with Crippen molar-refractivity contribution >= 4 is 5.91 Å². The van der Waals surface area contributed by atoms with E-state index in [2.05, 4.69) is 10.6 Å². The van der Waals surface area contributed by atoms with E-state index in [1.54, 1.807) is 0 Å². The molecule has 0 heterocycles. The maximum absolute atomic E-state index is 11.6. The molecule has 94 valence electrons. The predicted molar refractivity (Wildman–Crippen MR) is 64.3 cm³/mol. The van der Waals surface area contributed by atoms with Gasteiger partial charge in [-0.1, -0.05) is 13.8 Å². The summed E-state index contributed by atoms with van der Waals surface area (Å²) >= 11 is 0. The molecule has 1 aliphatic rings. The molecule has 0 spiro atoms. The Balaban J connectivity index is 1.91. The Kier molecular flexibility index (Phi) is 6.42. The van der Waals surface area contributed by atoms with Crippen molar-refractivity contribution in [3.05, 3.63) is 0 Å². The van der Waals surface area contributed by atoms with Crippen LogP contribution in [0, 0.1) is 11.8 Å². The molecule has 1 atom stereocenters. The van der Waals surface area contributed by atoms with Gasteiger partial charge in [0.2, 0.25) is 5.91 Å². The Morgan fingerprint density at radius 1 is 1.50 bits per heavy atom. The van der Waals surface area contributed by atoms with Crippen molar-refractivity contribution in [2.45, 2.75) is 26.7 Å². The quantitative estimate of drug-likeness (QED) is 0.573. The lowest BCUT2D eigenvalue weighted by atomic mass is 10.1. The second-order valence-electron chi connectivity index (χ2n) is 4.52. The highest BCUT2D eigenvalue weighted by Gasteiger charge is 2.20. The minimum Gasteiger partial charge on any atom is -0.379 e. The summed E-state index contributed by atoms with van der Waals surface area (Å²) in [5, 5.41) is 6.04. The normalized spacial score (nSPS) is 17.1. The molecular formula is C12H24N2O2. The number of rotatable bonds is 9. The monoisotopic (exact) mass is 228 g/mol. The summed E-state index contributed by atoms with van der Waals surface area (Å²) in [5.41, 5.74) is 0. The van der Waals surface area contributed by atoms with Gasteiger partial charge in [-0.3, -0.25) is 4.79 Å². The van der Waals surface area contributed by atoms with Gasteiger partial charge in [-0.05, 0) is 25.3 Å². The van der Waals surface area contributed by atoms with Crippen molar-refractivity contribution in [1.82, 2.24) is 10.6 Å². The molecule has 1 unspecified atom stereocenters. The summed E-state index contributed by atoms with van der Waals surface area (Å²) in [5.74, 6) is 0.933. The third kappa shape index (κ3) is 6.08. The Morgan fingerprint density at radius 3 is 2.88 bits per heavy atom. The summed E-state index contributed by atoms with van der Waals surface area (Å²) in [7, 11) is 0. The standard InChI is InChI=1S/C12H24N2O2/c1-3-13-8-10(2)12(15)14-6-7-16-9-11-4-5-11/h10-11,13H,3-9H2,1-2H3,(H,14,15). The first-order valence-corrected chi connectivity index (χ1v) is 6.30. The smallest absolute Gasteiger partial charge is 0.224 e. The number of hydrogen-bond donors (Lipinski definition) is 2. The molecule has 0 radical (unpaired) electrons. The van der Waals surface area contributed by atoms with Gasteiger partial charge in [0.05, 0.1) is 6.61 Å². The van der Waals surface area contributed by atoms with Gasteiger partial charge in [0.1, 0.15) is 0 Å². The van der Waals surface area contributed by atoms with E-state index >= 15 is 0 Å². The average Bonchev–Trinajstić information content (AvgIpc) is 3.09. The number of carbonyl (C=O) groups excluding carboxylic acids is 1. The van der Waals surface area contributed by atoms with E-state index in [4.69, 9.17) is 4.74 Å². The molecule has 4 nitrogen and oxygen atoms in total. The first-order valence-electron chi connectivity index (χ1n) is 6.30. The summed E-state index contributed by atoms with van der Waals surface area (Å²) < 4.78 is 5.44. The second kappa shape index (κ2) is 7.63. The predicted octanol–water partition coefficient (Wildman–Crippen LogP) is 0.775. The number of carbonyl (C=O) groups is 1. The Labute approximate surface area is 98.1 Å². The van der Waals surface area contributed by atoms with Crippen molar-refractivity contribution in [1.29, 1.82) is 0 Å². The first-order chi connectivity index (χ1) is 7.74. The highest BCUT2D eigenvalue weighted by molar-refractivity contribution is 5.78. The fourth-order valence-corrected chi connectivity index (χ4v) is 1.41. The fraction of sp³-hybridized carbons (Fsp3) is 0.917. The second-order valence-corrected chi connectivity index (χ2v) is 4.52. The van der Waals surface area contributed by atoms with Crippen LogP contribution in [0.15, 0.2) is 0 Å². The molecule has 0 aromatic carbocycles.